The van der Waals surface area contributed by atoms with Crippen LogP contribution in [0, 0.1) is 0 Å². The Bertz CT molecular complexity index is 809. The van der Waals surface area contributed by atoms with E-state index in [-0.39, 0.29) is 22.9 Å². The van der Waals surface area contributed by atoms with Gasteiger partial charge in [0.25, 0.3) is 0 Å². The quantitative estimate of drug-likeness (QED) is 0.543. The molecule has 148 valence electrons. The molecular weight excluding hydrogens is 369 g/mol. The second-order valence-corrected chi connectivity index (χ2v) is 10.1. The van der Waals surface area contributed by atoms with Gasteiger partial charge in [0.05, 0.1) is 17.0 Å². The first-order valence-electron chi connectivity index (χ1n) is 9.10. The number of carbonyl (C=O) groups is 1. The van der Waals surface area contributed by atoms with Gasteiger partial charge in [0.2, 0.25) is 20.9 Å². The zero-order valence-electron chi connectivity index (χ0n) is 16.4. The van der Waals surface area contributed by atoms with Crippen molar-refractivity contribution in [3.05, 3.63) is 12.4 Å². The minimum Gasteiger partial charge on any atom is -0.399 e. The zero-order chi connectivity index (χ0) is 20.0. The summed E-state index contributed by atoms with van der Waals surface area (Å²) in [6.07, 6.45) is 4.34. The third kappa shape index (κ3) is 3.88. The molecule has 8 nitrogen and oxygen atoms in total. The molecule has 0 radical (unpaired) electrons. The lowest BCUT2D eigenvalue weighted by molar-refractivity contribution is -0.129. The molecule has 0 aliphatic carbocycles. The Labute approximate surface area is 160 Å². The fourth-order valence-corrected chi connectivity index (χ4v) is 4.77. The number of likely N-dealkylation sites (tertiary alicyclic amines) is 1. The molecule has 2 aliphatic heterocycles. The maximum Gasteiger partial charge on any atom is 0.498 e. The Balaban J connectivity index is 1.74. The van der Waals surface area contributed by atoms with E-state index in [1.54, 1.807) is 4.90 Å². The van der Waals surface area contributed by atoms with Crippen molar-refractivity contribution in [3.8, 4) is 0 Å². The van der Waals surface area contributed by atoms with Crippen molar-refractivity contribution in [2.24, 2.45) is 0 Å². The Morgan fingerprint density at radius 2 is 1.78 bits per heavy atom. The summed E-state index contributed by atoms with van der Waals surface area (Å²) in [7, 11) is -4.34. The molecule has 27 heavy (non-hydrogen) atoms. The van der Waals surface area contributed by atoms with E-state index in [1.165, 1.54) is 19.3 Å². The third-order valence-electron chi connectivity index (χ3n) is 5.65. The molecule has 1 atom stereocenters. The number of carbonyl (C=O) groups excluding carboxylic acids is 1. The van der Waals surface area contributed by atoms with E-state index >= 15 is 0 Å². The van der Waals surface area contributed by atoms with Gasteiger partial charge < -0.3 is 14.2 Å². The van der Waals surface area contributed by atoms with Crippen LogP contribution in [0.25, 0.3) is 0 Å². The van der Waals surface area contributed by atoms with Gasteiger partial charge in [-0.2, -0.15) is 0 Å². The molecule has 0 bridgehead atoms. The second kappa shape index (κ2) is 6.82. The van der Waals surface area contributed by atoms with Gasteiger partial charge in [0.1, 0.15) is 0 Å². The van der Waals surface area contributed by atoms with Crippen LogP contribution in [0.1, 0.15) is 47.5 Å². The topological polar surface area (TPSA) is 98.7 Å². The first-order chi connectivity index (χ1) is 12.4. The van der Waals surface area contributed by atoms with E-state index in [0.29, 0.717) is 18.4 Å². The summed E-state index contributed by atoms with van der Waals surface area (Å²) in [5, 5.41) is -0.238. The van der Waals surface area contributed by atoms with Crippen LogP contribution in [0.5, 0.6) is 0 Å². The summed E-state index contributed by atoms with van der Waals surface area (Å²) in [5.74, 6) is -0.271. The molecular formula is C17H26BN3O5S. The molecule has 0 saturated carbocycles. The highest BCUT2D eigenvalue weighted by Gasteiger charge is 2.52. The van der Waals surface area contributed by atoms with E-state index in [0.717, 1.165) is 6.42 Å². The smallest absolute Gasteiger partial charge is 0.399 e. The molecule has 2 saturated heterocycles. The van der Waals surface area contributed by atoms with E-state index in [2.05, 4.69) is 9.97 Å². The number of hydrogen-bond acceptors (Lipinski definition) is 7. The Hall–Kier alpha value is -1.52. The van der Waals surface area contributed by atoms with Crippen LogP contribution in [0.4, 0.5) is 0 Å². The number of sulfone groups is 1. The fraction of sp³-hybridized carbons (Fsp3) is 0.706. The van der Waals surface area contributed by atoms with Crippen molar-refractivity contribution in [2.45, 2.75) is 69.9 Å². The molecule has 0 N–H and O–H groups in total. The molecule has 1 aromatic rings. The summed E-state index contributed by atoms with van der Waals surface area (Å²) in [5.41, 5.74) is -0.430. The van der Waals surface area contributed by atoms with Crippen LogP contribution < -0.4 is 5.46 Å². The van der Waals surface area contributed by atoms with Crippen LogP contribution in [0.15, 0.2) is 17.6 Å². The molecule has 3 rings (SSSR count). The number of aromatic nitrogens is 2. The summed E-state index contributed by atoms with van der Waals surface area (Å²) in [6, 6.07) is -0.320. The van der Waals surface area contributed by atoms with Gasteiger partial charge in [-0.05, 0) is 40.5 Å². The predicted molar refractivity (Wildman–Crippen MR) is 100 cm³/mol. The normalized spacial score (nSPS) is 24.4. The first kappa shape index (κ1) is 20.2. The van der Waals surface area contributed by atoms with Crippen LogP contribution in [-0.4, -0.2) is 65.9 Å². The maximum absolute atomic E-state index is 12.7. The van der Waals surface area contributed by atoms with Crippen molar-refractivity contribution >= 4 is 28.3 Å². The van der Waals surface area contributed by atoms with E-state index in [1.807, 2.05) is 27.7 Å². The third-order valence-corrected chi connectivity index (χ3v) is 7.24. The summed E-state index contributed by atoms with van der Waals surface area (Å²) in [6.45, 7) is 9.81. The Kier molecular flexibility index (Phi) is 5.11. The largest absolute Gasteiger partial charge is 0.498 e. The van der Waals surface area contributed by atoms with Crippen LogP contribution in [0.2, 0.25) is 0 Å². The molecule has 1 amide bonds. The molecule has 3 heterocycles. The molecule has 2 aliphatic rings. The first-order valence-corrected chi connectivity index (χ1v) is 10.8. The fourth-order valence-electron chi connectivity index (χ4n) is 3.34. The Morgan fingerprint density at radius 3 is 2.30 bits per heavy atom. The van der Waals surface area contributed by atoms with Gasteiger partial charge in [-0.3, -0.25) is 4.79 Å². The van der Waals surface area contributed by atoms with Crippen molar-refractivity contribution in [3.63, 3.8) is 0 Å². The average molecular weight is 395 g/mol. The monoisotopic (exact) mass is 395 g/mol. The standard InChI is InChI=1S/C17H26BN3O5S/c1-12(22)21-8-6-7-14(21)11-27(23,24)15-19-9-13(10-20-15)18-25-16(2,3)17(4,5)26-18/h9-10,14H,6-8,11H2,1-5H3/t14-/m0/s1. The van der Waals surface area contributed by atoms with Gasteiger partial charge in [-0.15, -0.1) is 0 Å². The second-order valence-electron chi connectivity index (χ2n) is 8.18. The highest BCUT2D eigenvalue weighted by atomic mass is 32.2. The van der Waals surface area contributed by atoms with E-state index in [4.69, 9.17) is 9.31 Å². The molecule has 10 heteroatoms. The number of nitrogens with zero attached hydrogens (tertiary/aromatic N) is 3. The van der Waals surface area contributed by atoms with Crippen molar-refractivity contribution in [2.75, 3.05) is 12.3 Å². The molecule has 2 fully saturated rings. The van der Waals surface area contributed by atoms with E-state index in [9.17, 15) is 13.2 Å². The zero-order valence-corrected chi connectivity index (χ0v) is 17.2. The molecule has 0 aromatic carbocycles. The van der Waals surface area contributed by atoms with Crippen molar-refractivity contribution in [1.29, 1.82) is 0 Å². The van der Waals surface area contributed by atoms with Crippen molar-refractivity contribution < 1.29 is 22.5 Å². The minimum atomic E-state index is -3.69. The van der Waals surface area contributed by atoms with Gasteiger partial charge in [0, 0.05) is 37.4 Å². The minimum absolute atomic E-state index is 0.107. The molecule has 0 unspecified atom stereocenters. The molecule has 1 aromatic heterocycles. The van der Waals surface area contributed by atoms with Gasteiger partial charge >= 0.3 is 7.12 Å². The maximum atomic E-state index is 12.7. The Morgan fingerprint density at radius 1 is 1.22 bits per heavy atom. The van der Waals surface area contributed by atoms with Gasteiger partial charge in [-0.25, -0.2) is 18.4 Å². The van der Waals surface area contributed by atoms with Crippen LogP contribution in [-0.2, 0) is 23.9 Å². The SMILES string of the molecule is CC(=O)N1CCC[C@H]1CS(=O)(=O)c1ncc(B2OC(C)(C)C(C)(C)O2)cn1. The average Bonchev–Trinajstić information content (AvgIpc) is 3.09. The highest BCUT2D eigenvalue weighted by molar-refractivity contribution is 7.91. The van der Waals surface area contributed by atoms with Gasteiger partial charge in [0.15, 0.2) is 0 Å². The lowest BCUT2D eigenvalue weighted by Gasteiger charge is -2.32. The molecule has 0 spiro atoms. The summed E-state index contributed by atoms with van der Waals surface area (Å²) in [4.78, 5) is 21.3. The van der Waals surface area contributed by atoms with Crippen LogP contribution in [0.3, 0.4) is 0 Å². The predicted octanol–water partition coefficient (Wildman–Crippen LogP) is 0.560. The summed E-state index contributed by atoms with van der Waals surface area (Å²) >= 11 is 0. The summed E-state index contributed by atoms with van der Waals surface area (Å²) < 4.78 is 37.2. The number of rotatable bonds is 4. The highest BCUT2D eigenvalue weighted by Crippen LogP contribution is 2.36. The van der Waals surface area contributed by atoms with Crippen molar-refractivity contribution in [1.82, 2.24) is 14.9 Å². The lowest BCUT2D eigenvalue weighted by atomic mass is 9.81. The van der Waals surface area contributed by atoms with Gasteiger partial charge in [-0.1, -0.05) is 0 Å². The number of amides is 1. The number of hydrogen-bond donors (Lipinski definition) is 0. The lowest BCUT2D eigenvalue weighted by Crippen LogP contribution is -2.41. The van der Waals surface area contributed by atoms with E-state index < -0.39 is 28.2 Å². The van der Waals surface area contributed by atoms with Crippen LogP contribution >= 0.6 is 0 Å².